The van der Waals surface area contributed by atoms with Crippen LogP contribution >= 0.6 is 12.2 Å². The Balaban J connectivity index is 2.33. The van der Waals surface area contributed by atoms with Crippen molar-refractivity contribution in [1.29, 1.82) is 0 Å². The average molecular weight is 243 g/mol. The van der Waals surface area contributed by atoms with E-state index in [0.717, 1.165) is 6.42 Å². The molecule has 0 radical (unpaired) electrons. The second-order valence-corrected chi connectivity index (χ2v) is 5.16. The molecule has 2 unspecified atom stereocenters. The van der Waals surface area contributed by atoms with Gasteiger partial charge in [-0.2, -0.15) is 5.10 Å². The Morgan fingerprint density at radius 1 is 1.69 bits per heavy atom. The van der Waals surface area contributed by atoms with Crippen LogP contribution in [-0.2, 0) is 11.3 Å². The van der Waals surface area contributed by atoms with Crippen LogP contribution < -0.4 is 0 Å². The van der Waals surface area contributed by atoms with Gasteiger partial charge >= 0.3 is 0 Å². The van der Waals surface area contributed by atoms with Crippen LogP contribution in [-0.4, -0.2) is 33.1 Å². The molecule has 0 saturated heterocycles. The van der Waals surface area contributed by atoms with Crippen molar-refractivity contribution in [3.8, 4) is 0 Å². The number of hydrogen-bond donors (Lipinski definition) is 2. The van der Waals surface area contributed by atoms with E-state index in [2.05, 4.69) is 24.0 Å². The highest BCUT2D eigenvalue weighted by atomic mass is 32.1. The summed E-state index contributed by atoms with van der Waals surface area (Å²) in [5.74, 6) is 0.595. The molecule has 0 aromatic carbocycles. The summed E-state index contributed by atoms with van der Waals surface area (Å²) in [5, 5.41) is 15.9. The number of aromatic nitrogens is 3. The molecule has 2 rings (SSSR count). The number of aliphatic hydroxyl groups excluding tert-OH is 1. The Hall–Kier alpha value is -0.720. The van der Waals surface area contributed by atoms with Crippen LogP contribution in [0.2, 0.25) is 0 Å². The third-order valence-electron chi connectivity index (χ3n) is 3.64. The minimum absolute atomic E-state index is 0.0147. The molecule has 0 aliphatic heterocycles. The van der Waals surface area contributed by atoms with Crippen LogP contribution in [0.4, 0.5) is 0 Å². The minimum Gasteiger partial charge on any atom is -0.388 e. The molecular weight excluding hydrogens is 226 g/mol. The number of nitrogens with zero attached hydrogens (tertiary/aromatic N) is 2. The minimum atomic E-state index is -0.0998. The van der Waals surface area contributed by atoms with Gasteiger partial charge in [-0.15, -0.1) is 0 Å². The molecule has 0 amide bonds. The second kappa shape index (κ2) is 3.94. The number of rotatable bonds is 3. The Kier molecular flexibility index (Phi) is 2.90. The molecule has 2 atom stereocenters. The summed E-state index contributed by atoms with van der Waals surface area (Å²) in [5.41, 5.74) is 0.0147. The SMILES string of the molecule is COC1CC(n2c(CO)n[nH]c2=S)C1(C)C. The van der Waals surface area contributed by atoms with Crippen LogP contribution in [0, 0.1) is 10.2 Å². The molecule has 1 aromatic heterocycles. The van der Waals surface area contributed by atoms with Crippen molar-refractivity contribution in [3.05, 3.63) is 10.6 Å². The summed E-state index contributed by atoms with van der Waals surface area (Å²) in [6.45, 7) is 4.19. The Morgan fingerprint density at radius 3 is 2.88 bits per heavy atom. The average Bonchev–Trinajstić information content (AvgIpc) is 2.59. The predicted molar refractivity (Wildman–Crippen MR) is 61.6 cm³/mol. The number of aromatic amines is 1. The van der Waals surface area contributed by atoms with E-state index in [9.17, 15) is 5.11 Å². The number of H-pyrrole nitrogens is 1. The van der Waals surface area contributed by atoms with Crippen LogP contribution in [0.3, 0.4) is 0 Å². The highest BCUT2D eigenvalue weighted by molar-refractivity contribution is 7.71. The molecule has 0 spiro atoms. The molecule has 1 aliphatic carbocycles. The molecule has 1 saturated carbocycles. The number of ether oxygens (including phenoxy) is 1. The van der Waals surface area contributed by atoms with Gasteiger partial charge in [0.1, 0.15) is 6.61 Å². The lowest BCUT2D eigenvalue weighted by Gasteiger charge is -2.51. The topological polar surface area (TPSA) is 63.1 Å². The largest absolute Gasteiger partial charge is 0.388 e. The van der Waals surface area contributed by atoms with Crippen molar-refractivity contribution in [2.75, 3.05) is 7.11 Å². The smallest absolute Gasteiger partial charge is 0.195 e. The molecule has 1 aromatic rings. The first-order valence-electron chi connectivity index (χ1n) is 5.31. The Bertz CT molecular complexity index is 438. The van der Waals surface area contributed by atoms with E-state index in [-0.39, 0.29) is 24.2 Å². The summed E-state index contributed by atoms with van der Waals surface area (Å²) < 4.78 is 7.88. The number of methoxy groups -OCH3 is 1. The quantitative estimate of drug-likeness (QED) is 0.788. The predicted octanol–water partition coefficient (Wildman–Crippen LogP) is 1.42. The maximum Gasteiger partial charge on any atom is 0.195 e. The zero-order valence-electron chi connectivity index (χ0n) is 9.73. The van der Waals surface area contributed by atoms with Gasteiger partial charge in [-0.05, 0) is 18.6 Å². The lowest BCUT2D eigenvalue weighted by molar-refractivity contribution is -0.114. The van der Waals surface area contributed by atoms with Crippen molar-refractivity contribution in [2.45, 2.75) is 39.0 Å². The van der Waals surface area contributed by atoms with Crippen LogP contribution in [0.25, 0.3) is 0 Å². The molecule has 5 nitrogen and oxygen atoms in total. The molecular formula is C10H17N3O2S. The highest BCUT2D eigenvalue weighted by Gasteiger charge is 2.50. The molecule has 90 valence electrons. The normalized spacial score (nSPS) is 27.8. The lowest BCUT2D eigenvalue weighted by Crippen LogP contribution is -2.51. The van der Waals surface area contributed by atoms with Crippen molar-refractivity contribution in [2.24, 2.45) is 5.41 Å². The standard InChI is InChI=1S/C10H17N3O2S/c1-10(2)6(4-7(10)15-3)13-8(5-14)11-12-9(13)16/h6-7,14H,4-5H2,1-3H3,(H,12,16). The molecule has 0 bridgehead atoms. The Labute approximate surface area is 99.4 Å². The van der Waals surface area contributed by atoms with Gasteiger partial charge in [-0.1, -0.05) is 13.8 Å². The van der Waals surface area contributed by atoms with E-state index in [1.807, 2.05) is 4.57 Å². The molecule has 16 heavy (non-hydrogen) atoms. The van der Waals surface area contributed by atoms with Gasteiger partial charge in [0.2, 0.25) is 0 Å². The number of hydrogen-bond acceptors (Lipinski definition) is 4. The molecule has 1 aliphatic rings. The summed E-state index contributed by atoms with van der Waals surface area (Å²) in [6.07, 6.45) is 1.14. The van der Waals surface area contributed by atoms with Crippen molar-refractivity contribution in [1.82, 2.24) is 14.8 Å². The third kappa shape index (κ3) is 1.52. The monoisotopic (exact) mass is 243 g/mol. The highest BCUT2D eigenvalue weighted by Crippen LogP contribution is 2.51. The maximum absolute atomic E-state index is 9.21. The van der Waals surface area contributed by atoms with Crippen molar-refractivity contribution >= 4 is 12.2 Å². The van der Waals surface area contributed by atoms with E-state index >= 15 is 0 Å². The fourth-order valence-corrected chi connectivity index (χ4v) is 2.75. The van der Waals surface area contributed by atoms with E-state index < -0.39 is 0 Å². The summed E-state index contributed by atoms with van der Waals surface area (Å²) >= 11 is 5.19. The summed E-state index contributed by atoms with van der Waals surface area (Å²) in [4.78, 5) is 0. The first-order valence-corrected chi connectivity index (χ1v) is 5.72. The van der Waals surface area contributed by atoms with E-state index in [1.165, 1.54) is 0 Å². The van der Waals surface area contributed by atoms with Gasteiger partial charge in [0.25, 0.3) is 0 Å². The van der Waals surface area contributed by atoms with Gasteiger partial charge in [0, 0.05) is 18.6 Å². The van der Waals surface area contributed by atoms with Crippen LogP contribution in [0.5, 0.6) is 0 Å². The van der Waals surface area contributed by atoms with Gasteiger partial charge in [0.05, 0.1) is 6.10 Å². The molecule has 2 N–H and O–H groups in total. The summed E-state index contributed by atoms with van der Waals surface area (Å²) in [6, 6.07) is 0.242. The summed E-state index contributed by atoms with van der Waals surface area (Å²) in [7, 11) is 1.73. The first-order chi connectivity index (χ1) is 7.52. The lowest BCUT2D eigenvalue weighted by atomic mass is 9.64. The van der Waals surface area contributed by atoms with E-state index in [0.29, 0.717) is 10.6 Å². The van der Waals surface area contributed by atoms with Crippen molar-refractivity contribution in [3.63, 3.8) is 0 Å². The van der Waals surface area contributed by atoms with Crippen LogP contribution in [0.1, 0.15) is 32.1 Å². The Morgan fingerprint density at radius 2 is 2.38 bits per heavy atom. The maximum atomic E-state index is 9.21. The fourth-order valence-electron chi connectivity index (χ4n) is 2.47. The first kappa shape index (κ1) is 11.8. The van der Waals surface area contributed by atoms with E-state index in [1.54, 1.807) is 7.11 Å². The van der Waals surface area contributed by atoms with Gasteiger partial charge in [-0.25, -0.2) is 0 Å². The van der Waals surface area contributed by atoms with Crippen molar-refractivity contribution < 1.29 is 9.84 Å². The molecule has 1 fully saturated rings. The molecule has 6 heteroatoms. The number of nitrogens with one attached hydrogen (secondary N) is 1. The van der Waals surface area contributed by atoms with Gasteiger partial charge in [0.15, 0.2) is 10.6 Å². The van der Waals surface area contributed by atoms with Crippen LogP contribution in [0.15, 0.2) is 0 Å². The van der Waals surface area contributed by atoms with Gasteiger partial charge < -0.3 is 9.84 Å². The van der Waals surface area contributed by atoms with E-state index in [4.69, 9.17) is 17.0 Å². The third-order valence-corrected chi connectivity index (χ3v) is 3.93. The zero-order chi connectivity index (χ0) is 11.9. The zero-order valence-corrected chi connectivity index (χ0v) is 10.5. The number of aliphatic hydroxyl groups is 1. The van der Waals surface area contributed by atoms with Gasteiger partial charge in [-0.3, -0.25) is 9.67 Å². The second-order valence-electron chi connectivity index (χ2n) is 4.77. The fraction of sp³-hybridized carbons (Fsp3) is 0.800. The molecule has 1 heterocycles.